The Morgan fingerprint density at radius 2 is 1.81 bits per heavy atom. The predicted octanol–water partition coefficient (Wildman–Crippen LogP) is 4.09. The van der Waals surface area contributed by atoms with E-state index >= 15 is 0 Å². The van der Waals surface area contributed by atoms with Crippen LogP contribution in [-0.4, -0.2) is 77.7 Å². The van der Waals surface area contributed by atoms with Gasteiger partial charge in [-0.05, 0) is 47.7 Å². The molecule has 3 saturated heterocycles. The third kappa shape index (κ3) is 6.02. The molecule has 0 aliphatic carbocycles. The number of carbonyl (C=O) groups is 4. The number of aliphatic hydroxyl groups is 1. The number of fused-ring (bicyclic) bond motifs is 2. The van der Waals surface area contributed by atoms with Gasteiger partial charge in [0.1, 0.15) is 17.7 Å². The highest BCUT2D eigenvalue weighted by atomic mass is 16.6. The normalized spacial score (nSPS) is 24.6. The van der Waals surface area contributed by atoms with Crippen molar-refractivity contribution in [3.05, 3.63) is 104 Å². The van der Waals surface area contributed by atoms with Gasteiger partial charge < -0.3 is 29.7 Å². The number of carbonyl (C=O) groups excluding carboxylic acids is 4. The van der Waals surface area contributed by atoms with Gasteiger partial charge in [-0.3, -0.25) is 19.2 Å². The number of esters is 1. The molecule has 0 unspecified atom stereocenters. The Bertz CT molecular complexity index is 1710. The number of β-amino-alcohol motifs (C(OH)–C–C–N with tert-alkyl or cyclic N) is 1. The molecule has 3 aliphatic heterocycles. The number of allylic oxidation sites excluding steroid dienone is 1. The highest BCUT2D eigenvalue weighted by molar-refractivity contribution is 6.05. The fourth-order valence-electron chi connectivity index (χ4n) is 7.63. The van der Waals surface area contributed by atoms with E-state index in [-0.39, 0.29) is 44.5 Å². The van der Waals surface area contributed by atoms with Gasteiger partial charge in [0.15, 0.2) is 0 Å². The first-order valence-electron chi connectivity index (χ1n) is 16.5. The SMILES string of the molecule is C=CCCC(=O)NC[C@H](OC(=O)[C@@H]1[C@@H]2CC[C@]3(O2)[C@H](C(=O)N(CC=C)c2ccc4ccccc4c2)N(CCO)C(=O)[C@@H]13)c1ccccc1. The summed E-state index contributed by atoms with van der Waals surface area (Å²) in [6, 6.07) is 21.6. The average molecular weight is 652 g/mol. The Labute approximate surface area is 280 Å². The first kappa shape index (κ1) is 33.1. The summed E-state index contributed by atoms with van der Waals surface area (Å²) in [6.45, 7) is 7.30. The number of aliphatic hydroxyl groups excluding tert-OH is 1. The summed E-state index contributed by atoms with van der Waals surface area (Å²) in [7, 11) is 0. The third-order valence-corrected chi connectivity index (χ3v) is 9.76. The third-order valence-electron chi connectivity index (χ3n) is 9.76. The van der Waals surface area contributed by atoms with Crippen LogP contribution in [0.2, 0.25) is 0 Å². The van der Waals surface area contributed by atoms with E-state index in [0.29, 0.717) is 30.5 Å². The van der Waals surface area contributed by atoms with Crippen LogP contribution in [0.4, 0.5) is 5.69 Å². The highest BCUT2D eigenvalue weighted by Crippen LogP contribution is 2.59. The molecule has 2 bridgehead atoms. The molecule has 0 radical (unpaired) electrons. The lowest BCUT2D eigenvalue weighted by Crippen LogP contribution is -2.56. The highest BCUT2D eigenvalue weighted by Gasteiger charge is 2.75. The number of ether oxygens (including phenoxy) is 2. The number of likely N-dealkylation sites (tertiary alicyclic amines) is 1. The minimum atomic E-state index is -1.27. The summed E-state index contributed by atoms with van der Waals surface area (Å²) >= 11 is 0. The van der Waals surface area contributed by atoms with E-state index in [9.17, 15) is 24.3 Å². The number of rotatable bonds is 14. The summed E-state index contributed by atoms with van der Waals surface area (Å²) in [5.74, 6) is -3.53. The van der Waals surface area contributed by atoms with Crippen LogP contribution in [0, 0.1) is 11.8 Å². The largest absolute Gasteiger partial charge is 0.455 e. The molecule has 10 heteroatoms. The average Bonchev–Trinajstić information content (AvgIpc) is 3.75. The number of hydrogen-bond donors (Lipinski definition) is 2. The Balaban J connectivity index is 1.29. The molecule has 3 aromatic carbocycles. The van der Waals surface area contributed by atoms with E-state index in [1.807, 2.05) is 72.8 Å². The molecule has 1 spiro atoms. The number of anilines is 1. The molecule has 250 valence electrons. The van der Waals surface area contributed by atoms with Gasteiger partial charge >= 0.3 is 5.97 Å². The van der Waals surface area contributed by atoms with Gasteiger partial charge in [-0.1, -0.05) is 72.8 Å². The lowest BCUT2D eigenvalue weighted by atomic mass is 9.70. The van der Waals surface area contributed by atoms with Crippen LogP contribution in [0.3, 0.4) is 0 Å². The van der Waals surface area contributed by atoms with Crippen molar-refractivity contribution in [3.63, 3.8) is 0 Å². The van der Waals surface area contributed by atoms with Crippen LogP contribution in [0.15, 0.2) is 98.1 Å². The van der Waals surface area contributed by atoms with E-state index in [1.165, 1.54) is 4.90 Å². The van der Waals surface area contributed by atoms with Crippen LogP contribution in [0.1, 0.15) is 37.4 Å². The topological polar surface area (TPSA) is 125 Å². The molecule has 3 aromatic rings. The maximum Gasteiger partial charge on any atom is 0.313 e. The van der Waals surface area contributed by atoms with Gasteiger partial charge in [-0.15, -0.1) is 13.2 Å². The molecule has 48 heavy (non-hydrogen) atoms. The molecule has 3 aliphatic rings. The predicted molar refractivity (Wildman–Crippen MR) is 181 cm³/mol. The van der Waals surface area contributed by atoms with Gasteiger partial charge in [0.05, 0.1) is 31.1 Å². The van der Waals surface area contributed by atoms with Crippen molar-refractivity contribution in [1.29, 1.82) is 0 Å². The zero-order chi connectivity index (χ0) is 33.8. The molecule has 6 rings (SSSR count). The Morgan fingerprint density at radius 3 is 2.54 bits per heavy atom. The number of nitrogens with zero attached hydrogens (tertiary/aromatic N) is 2. The van der Waals surface area contributed by atoms with Gasteiger partial charge in [0, 0.05) is 25.2 Å². The molecule has 3 fully saturated rings. The number of hydrogen-bond acceptors (Lipinski definition) is 7. The lowest BCUT2D eigenvalue weighted by molar-refractivity contribution is -0.160. The fraction of sp³-hybridized carbons (Fsp3) is 0.368. The second-order valence-electron chi connectivity index (χ2n) is 12.5. The molecule has 3 heterocycles. The van der Waals surface area contributed by atoms with Crippen molar-refractivity contribution in [2.24, 2.45) is 11.8 Å². The van der Waals surface area contributed by atoms with Crippen molar-refractivity contribution in [3.8, 4) is 0 Å². The molecule has 10 nitrogen and oxygen atoms in total. The minimum Gasteiger partial charge on any atom is -0.455 e. The van der Waals surface area contributed by atoms with Crippen LogP contribution in [0.5, 0.6) is 0 Å². The fourth-order valence-corrected chi connectivity index (χ4v) is 7.63. The van der Waals surface area contributed by atoms with Crippen molar-refractivity contribution in [2.45, 2.75) is 49.5 Å². The summed E-state index contributed by atoms with van der Waals surface area (Å²) in [6.07, 6.45) is 3.50. The Hall–Kier alpha value is -4.80. The zero-order valence-electron chi connectivity index (χ0n) is 26.8. The quantitative estimate of drug-likeness (QED) is 0.199. The van der Waals surface area contributed by atoms with Gasteiger partial charge in [-0.2, -0.15) is 0 Å². The first-order valence-corrected chi connectivity index (χ1v) is 16.5. The van der Waals surface area contributed by atoms with Crippen molar-refractivity contribution < 1.29 is 33.8 Å². The van der Waals surface area contributed by atoms with Crippen LogP contribution in [0.25, 0.3) is 10.8 Å². The minimum absolute atomic E-state index is 0.0494. The standard InChI is InChI=1S/C38H41N3O7/c1-3-5-15-31(43)39-24-30(26-12-7-6-8-13-26)47-37(46)32-29-18-19-38(48-29)33(32)35(44)41(21-22-42)34(38)36(45)40(20-4-2)28-17-16-25-11-9-10-14-27(25)23-28/h3-4,6-14,16-17,23,29-30,32-34,42H,1-2,5,15,18-22,24H2,(H,39,43)/t29-,30-,32+,33+,34-,38+/m0/s1. The second kappa shape index (κ2) is 14.1. The van der Waals surface area contributed by atoms with Crippen LogP contribution < -0.4 is 10.2 Å². The van der Waals surface area contributed by atoms with Crippen molar-refractivity contribution >= 4 is 40.2 Å². The van der Waals surface area contributed by atoms with Crippen LogP contribution >= 0.6 is 0 Å². The molecule has 2 N–H and O–H groups in total. The van der Waals surface area contributed by atoms with E-state index < -0.39 is 47.6 Å². The van der Waals surface area contributed by atoms with E-state index in [2.05, 4.69) is 18.5 Å². The number of amides is 3. The molecular weight excluding hydrogens is 610 g/mol. The summed E-state index contributed by atoms with van der Waals surface area (Å²) in [5, 5.41) is 14.8. The van der Waals surface area contributed by atoms with Crippen molar-refractivity contribution in [2.75, 3.05) is 31.1 Å². The first-order chi connectivity index (χ1) is 23.3. The maximum absolute atomic E-state index is 14.7. The smallest absolute Gasteiger partial charge is 0.313 e. The maximum atomic E-state index is 14.7. The van der Waals surface area contributed by atoms with Crippen LogP contribution in [-0.2, 0) is 28.7 Å². The van der Waals surface area contributed by atoms with Crippen molar-refractivity contribution in [1.82, 2.24) is 10.2 Å². The Kier molecular flexibility index (Phi) is 9.75. The van der Waals surface area contributed by atoms with Gasteiger partial charge in [-0.25, -0.2) is 0 Å². The number of nitrogens with one attached hydrogen (secondary N) is 1. The second-order valence-corrected chi connectivity index (χ2v) is 12.5. The Morgan fingerprint density at radius 1 is 1.06 bits per heavy atom. The van der Waals surface area contributed by atoms with Gasteiger partial charge in [0.25, 0.3) is 5.91 Å². The number of benzene rings is 3. The summed E-state index contributed by atoms with van der Waals surface area (Å²) in [4.78, 5) is 58.3. The molecule has 0 saturated carbocycles. The van der Waals surface area contributed by atoms with E-state index in [1.54, 1.807) is 17.1 Å². The molecule has 6 atom stereocenters. The lowest BCUT2D eigenvalue weighted by Gasteiger charge is -2.36. The molecular formula is C38H41N3O7. The monoisotopic (exact) mass is 651 g/mol. The molecule has 0 aromatic heterocycles. The van der Waals surface area contributed by atoms with E-state index in [4.69, 9.17) is 9.47 Å². The molecule has 3 amide bonds. The zero-order valence-corrected chi connectivity index (χ0v) is 26.8. The van der Waals surface area contributed by atoms with Gasteiger partial charge in [0.2, 0.25) is 11.8 Å². The van der Waals surface area contributed by atoms with E-state index in [0.717, 1.165) is 10.8 Å². The summed E-state index contributed by atoms with van der Waals surface area (Å²) in [5.41, 5.74) is 0.0609. The summed E-state index contributed by atoms with van der Waals surface area (Å²) < 4.78 is 12.7.